The molecule has 0 spiro atoms. The highest BCUT2D eigenvalue weighted by molar-refractivity contribution is 7.47. The molecule has 8 nitrogen and oxygen atoms in total. The number of rotatable bonds is 37. The molecule has 0 aliphatic heterocycles. The van der Waals surface area contributed by atoms with Crippen LogP contribution in [0.15, 0.2) is 60.8 Å². The van der Waals surface area contributed by atoms with Gasteiger partial charge in [0.1, 0.15) is 13.2 Å². The lowest BCUT2D eigenvalue weighted by Gasteiger charge is -2.25. The molecule has 0 saturated heterocycles. The lowest BCUT2D eigenvalue weighted by Crippen LogP contribution is -2.45. The summed E-state index contributed by atoms with van der Waals surface area (Å²) in [6, 6.07) is -0.885. The summed E-state index contributed by atoms with van der Waals surface area (Å²) >= 11 is 0. The molecule has 3 unspecified atom stereocenters. The number of nitrogens with zero attached hydrogens (tertiary/aromatic N) is 1. The summed E-state index contributed by atoms with van der Waals surface area (Å²) in [6.45, 7) is 4.62. The number of phosphoric ester groups is 1. The van der Waals surface area contributed by atoms with Gasteiger partial charge in [-0.2, -0.15) is 0 Å². The van der Waals surface area contributed by atoms with Crippen LogP contribution in [0.5, 0.6) is 0 Å². The largest absolute Gasteiger partial charge is 0.472 e. The molecule has 0 rings (SSSR count). The van der Waals surface area contributed by atoms with Gasteiger partial charge in [0.25, 0.3) is 0 Å². The fourth-order valence-corrected chi connectivity index (χ4v) is 6.37. The van der Waals surface area contributed by atoms with E-state index in [-0.39, 0.29) is 25.5 Å². The quantitative estimate of drug-likeness (QED) is 0.0252. The topological polar surface area (TPSA) is 105 Å². The Kier molecular flexibility index (Phi) is 34.7. The van der Waals surface area contributed by atoms with Crippen molar-refractivity contribution < 1.29 is 32.9 Å². The Bertz CT molecular complexity index is 1050. The van der Waals surface area contributed by atoms with Crippen LogP contribution in [0.2, 0.25) is 0 Å². The smallest absolute Gasteiger partial charge is 0.387 e. The summed E-state index contributed by atoms with van der Waals surface area (Å²) in [5.41, 5.74) is 0. The van der Waals surface area contributed by atoms with Crippen LogP contribution >= 0.6 is 7.82 Å². The predicted molar refractivity (Wildman–Crippen MR) is 226 cm³/mol. The summed E-state index contributed by atoms with van der Waals surface area (Å²) in [5.74, 6) is -0.259. The molecule has 308 valence electrons. The van der Waals surface area contributed by atoms with Crippen LogP contribution in [0.4, 0.5) is 0 Å². The standard InChI is InChI=1S/C44H81N2O6P/c1-6-8-10-12-14-16-18-20-21-22-23-24-26-27-29-31-33-35-37-43(47)42(41-52-53(49,50)51-40-39-46(3,4)5)45-44(48)38-36-34-32-30-28-25-19-17-15-13-11-9-7-2/h9,11,15,17,25,28,32,34-35,37,42-43,47H,6-8,10,12-14,16,18-24,26-27,29-31,33,36,38-41H2,1-5H3,(H-,45,48,49,50)/p+1/b11-9-,17-15-,28-25-,34-32-,37-35+. The van der Waals surface area contributed by atoms with Crippen LogP contribution in [0.3, 0.4) is 0 Å². The zero-order valence-corrected chi connectivity index (χ0v) is 35.6. The molecule has 0 fully saturated rings. The van der Waals surface area contributed by atoms with Gasteiger partial charge in [-0.25, -0.2) is 4.57 Å². The zero-order chi connectivity index (χ0) is 39.3. The second-order valence-electron chi connectivity index (χ2n) is 15.3. The Morgan fingerprint density at radius 3 is 1.62 bits per heavy atom. The minimum absolute atomic E-state index is 0.0466. The van der Waals surface area contributed by atoms with E-state index in [4.69, 9.17) is 9.05 Å². The van der Waals surface area contributed by atoms with Gasteiger partial charge in [0.2, 0.25) is 5.91 Å². The van der Waals surface area contributed by atoms with E-state index in [9.17, 15) is 19.4 Å². The number of phosphoric acid groups is 1. The van der Waals surface area contributed by atoms with Crippen molar-refractivity contribution in [1.82, 2.24) is 5.32 Å². The molecule has 0 saturated carbocycles. The molecule has 0 aromatic carbocycles. The Morgan fingerprint density at radius 1 is 0.660 bits per heavy atom. The molecular formula is C44H82N2O6P+. The van der Waals surface area contributed by atoms with E-state index in [2.05, 4.69) is 55.6 Å². The van der Waals surface area contributed by atoms with Crippen molar-refractivity contribution in [3.05, 3.63) is 60.8 Å². The number of amides is 1. The van der Waals surface area contributed by atoms with Crippen molar-refractivity contribution >= 4 is 13.7 Å². The molecule has 1 amide bonds. The maximum atomic E-state index is 12.8. The van der Waals surface area contributed by atoms with E-state index in [0.29, 0.717) is 17.4 Å². The molecule has 0 aromatic heterocycles. The number of nitrogens with one attached hydrogen (secondary N) is 1. The normalized spacial score (nSPS) is 15.1. The molecule has 0 aromatic rings. The number of aliphatic hydroxyl groups excluding tert-OH is 1. The van der Waals surface area contributed by atoms with E-state index in [1.165, 1.54) is 89.9 Å². The monoisotopic (exact) mass is 766 g/mol. The van der Waals surface area contributed by atoms with Crippen LogP contribution in [0, 0.1) is 0 Å². The third kappa shape index (κ3) is 38.3. The number of unbranched alkanes of at least 4 members (excludes halogenated alkanes) is 16. The highest BCUT2D eigenvalue weighted by Gasteiger charge is 2.27. The first-order chi connectivity index (χ1) is 25.5. The SMILES string of the molecule is CC/C=C\C/C=C\C/C=C\C/C=C\CCC(=O)NC(COP(=O)(O)OCC[N+](C)(C)C)C(O)/C=C/CCCCCCCCCCCCCCCCCC. The Hall–Kier alpha value is -1.80. The number of aliphatic hydroxyl groups is 1. The van der Waals surface area contributed by atoms with Crippen molar-refractivity contribution in [1.29, 1.82) is 0 Å². The molecule has 53 heavy (non-hydrogen) atoms. The van der Waals surface area contributed by atoms with Gasteiger partial charge in [0.05, 0.1) is 39.9 Å². The number of carbonyl (C=O) groups is 1. The van der Waals surface area contributed by atoms with Crippen molar-refractivity contribution in [3.8, 4) is 0 Å². The van der Waals surface area contributed by atoms with E-state index in [1.807, 2.05) is 39.4 Å². The predicted octanol–water partition coefficient (Wildman–Crippen LogP) is 11.5. The first-order valence-electron chi connectivity index (χ1n) is 21.2. The second-order valence-corrected chi connectivity index (χ2v) is 16.8. The highest BCUT2D eigenvalue weighted by atomic mass is 31.2. The summed E-state index contributed by atoms with van der Waals surface area (Å²) in [7, 11) is 1.52. The van der Waals surface area contributed by atoms with Crippen molar-refractivity contribution in [2.45, 2.75) is 174 Å². The van der Waals surface area contributed by atoms with Crippen LogP contribution < -0.4 is 5.32 Å². The van der Waals surface area contributed by atoms with Gasteiger partial charge in [0, 0.05) is 6.42 Å². The van der Waals surface area contributed by atoms with E-state index in [1.54, 1.807) is 6.08 Å². The number of quaternary nitrogens is 1. The average Bonchev–Trinajstić information content (AvgIpc) is 3.10. The van der Waals surface area contributed by atoms with Crippen molar-refractivity contribution in [2.75, 3.05) is 40.9 Å². The Morgan fingerprint density at radius 2 is 1.13 bits per heavy atom. The molecular weight excluding hydrogens is 683 g/mol. The first kappa shape index (κ1) is 51.2. The van der Waals surface area contributed by atoms with Gasteiger partial charge in [-0.3, -0.25) is 13.8 Å². The van der Waals surface area contributed by atoms with Gasteiger partial charge >= 0.3 is 7.82 Å². The van der Waals surface area contributed by atoms with E-state index >= 15 is 0 Å². The molecule has 3 N–H and O–H groups in total. The fourth-order valence-electron chi connectivity index (χ4n) is 5.64. The molecule has 0 bridgehead atoms. The van der Waals surface area contributed by atoms with Gasteiger partial charge in [0.15, 0.2) is 0 Å². The summed E-state index contributed by atoms with van der Waals surface area (Å²) in [6.07, 6.45) is 45.9. The third-order valence-corrected chi connectivity index (χ3v) is 9.99. The lowest BCUT2D eigenvalue weighted by atomic mass is 10.0. The third-order valence-electron chi connectivity index (χ3n) is 9.01. The number of hydrogen-bond acceptors (Lipinski definition) is 5. The average molecular weight is 766 g/mol. The molecule has 3 atom stereocenters. The minimum Gasteiger partial charge on any atom is -0.387 e. The highest BCUT2D eigenvalue weighted by Crippen LogP contribution is 2.43. The zero-order valence-electron chi connectivity index (χ0n) is 34.7. The molecule has 9 heteroatoms. The van der Waals surface area contributed by atoms with Gasteiger partial charge in [-0.1, -0.05) is 171 Å². The molecule has 0 aliphatic rings. The summed E-state index contributed by atoms with van der Waals surface area (Å²) in [4.78, 5) is 23.0. The van der Waals surface area contributed by atoms with Crippen molar-refractivity contribution in [3.63, 3.8) is 0 Å². The molecule has 0 heterocycles. The first-order valence-corrected chi connectivity index (χ1v) is 22.7. The van der Waals surface area contributed by atoms with Gasteiger partial charge in [-0.15, -0.1) is 0 Å². The summed E-state index contributed by atoms with van der Waals surface area (Å²) in [5, 5.41) is 13.7. The van der Waals surface area contributed by atoms with Crippen LogP contribution in [-0.4, -0.2) is 73.4 Å². The van der Waals surface area contributed by atoms with E-state index in [0.717, 1.165) is 44.9 Å². The Labute approximate surface area is 326 Å². The fraction of sp³-hybridized carbons (Fsp3) is 0.750. The van der Waals surface area contributed by atoms with Gasteiger partial charge in [-0.05, 0) is 44.9 Å². The maximum absolute atomic E-state index is 12.8. The number of hydrogen-bond donors (Lipinski definition) is 3. The van der Waals surface area contributed by atoms with Gasteiger partial charge < -0.3 is 19.8 Å². The number of likely N-dealkylation sites (N-methyl/N-ethyl adjacent to an activating group) is 1. The summed E-state index contributed by atoms with van der Waals surface area (Å²) < 4.78 is 23.5. The second kappa shape index (κ2) is 35.9. The molecule has 0 aliphatic carbocycles. The number of allylic oxidation sites excluding steroid dienone is 9. The van der Waals surface area contributed by atoms with Crippen LogP contribution in [0.25, 0.3) is 0 Å². The number of carbonyl (C=O) groups excluding carboxylic acids is 1. The lowest BCUT2D eigenvalue weighted by molar-refractivity contribution is -0.870. The van der Waals surface area contributed by atoms with Crippen LogP contribution in [0.1, 0.15) is 162 Å². The van der Waals surface area contributed by atoms with E-state index < -0.39 is 20.0 Å². The minimum atomic E-state index is -4.35. The van der Waals surface area contributed by atoms with Crippen molar-refractivity contribution in [2.24, 2.45) is 0 Å². The Balaban J connectivity index is 4.55. The maximum Gasteiger partial charge on any atom is 0.472 e. The molecule has 0 radical (unpaired) electrons. The van der Waals surface area contributed by atoms with Crippen LogP contribution in [-0.2, 0) is 18.4 Å².